The van der Waals surface area contributed by atoms with Crippen LogP contribution in [0.3, 0.4) is 0 Å². The largest absolute Gasteiger partial charge is 0.468 e. The third-order valence-electron chi connectivity index (χ3n) is 2.03. The average Bonchev–Trinajstić information content (AvgIpc) is 2.31. The topological polar surface area (TPSA) is 50.8 Å². The highest BCUT2D eigenvalue weighted by atomic mass is 32.1. The van der Waals surface area contributed by atoms with Crippen LogP contribution in [0.1, 0.15) is 0 Å². The van der Waals surface area contributed by atoms with Crippen molar-refractivity contribution < 1.29 is 13.5 Å². The lowest BCUT2D eigenvalue weighted by Crippen LogP contribution is -2.00. The molecule has 0 fully saturated rings. The number of benzene rings is 1. The van der Waals surface area contributed by atoms with E-state index in [-0.39, 0.29) is 22.2 Å². The smallest absolute Gasteiger partial charge is 0.297 e. The van der Waals surface area contributed by atoms with Gasteiger partial charge in [-0.15, -0.1) is 0 Å². The first kappa shape index (κ1) is 11.6. The van der Waals surface area contributed by atoms with Crippen LogP contribution in [-0.4, -0.2) is 22.1 Å². The average molecular weight is 255 g/mol. The summed E-state index contributed by atoms with van der Waals surface area (Å²) in [5.41, 5.74) is -0.0307. The van der Waals surface area contributed by atoms with E-state index in [1.165, 1.54) is 19.2 Å². The third kappa shape index (κ3) is 2.28. The molecule has 2 aromatic rings. The quantitative estimate of drug-likeness (QED) is 0.838. The molecule has 0 aliphatic carbocycles. The molecule has 0 aliphatic heterocycles. The van der Waals surface area contributed by atoms with Gasteiger partial charge in [-0.1, -0.05) is 6.07 Å². The molecule has 7 heteroatoms. The molecule has 17 heavy (non-hydrogen) atoms. The second kappa shape index (κ2) is 4.54. The van der Waals surface area contributed by atoms with E-state index in [9.17, 15) is 8.78 Å². The van der Waals surface area contributed by atoms with Gasteiger partial charge in [-0.05, 0) is 24.4 Å². The number of nitrogens with zero attached hydrogens (tertiary/aromatic N) is 2. The Morgan fingerprint density at radius 2 is 2.06 bits per heavy atom. The van der Waals surface area contributed by atoms with Gasteiger partial charge in [0.1, 0.15) is 5.82 Å². The van der Waals surface area contributed by atoms with Crippen molar-refractivity contribution in [3.8, 4) is 17.4 Å². The fraction of sp³-hybridized carbons (Fsp3) is 0.100. The van der Waals surface area contributed by atoms with Crippen molar-refractivity contribution in [2.45, 2.75) is 0 Å². The van der Waals surface area contributed by atoms with Gasteiger partial charge in [0.05, 0.1) is 12.7 Å². The number of aromatic nitrogens is 3. The van der Waals surface area contributed by atoms with E-state index >= 15 is 0 Å². The zero-order chi connectivity index (χ0) is 12.4. The predicted octanol–water partition coefficient (Wildman–Crippen LogP) is 2.49. The number of hydrogen-bond donors (Lipinski definition) is 1. The molecule has 0 bridgehead atoms. The Kier molecular flexibility index (Phi) is 3.10. The first-order chi connectivity index (χ1) is 8.11. The molecule has 1 aromatic heterocycles. The Balaban J connectivity index is 2.64. The van der Waals surface area contributed by atoms with Gasteiger partial charge in [-0.2, -0.15) is 4.98 Å². The predicted molar refractivity (Wildman–Crippen MR) is 59.1 cm³/mol. The second-order valence-corrected chi connectivity index (χ2v) is 3.46. The van der Waals surface area contributed by atoms with E-state index in [0.29, 0.717) is 0 Å². The van der Waals surface area contributed by atoms with Gasteiger partial charge in [-0.3, -0.25) is 4.98 Å². The zero-order valence-electron chi connectivity index (χ0n) is 8.70. The van der Waals surface area contributed by atoms with Gasteiger partial charge in [0.15, 0.2) is 11.6 Å². The van der Waals surface area contributed by atoms with Crippen molar-refractivity contribution in [1.82, 2.24) is 15.0 Å². The van der Waals surface area contributed by atoms with Crippen LogP contribution in [0, 0.1) is 16.4 Å². The van der Waals surface area contributed by atoms with Crippen molar-refractivity contribution in [3.05, 3.63) is 34.6 Å². The first-order valence-electron chi connectivity index (χ1n) is 4.58. The number of H-pyrrole nitrogens is 1. The molecule has 0 spiro atoms. The molecule has 0 aliphatic rings. The summed E-state index contributed by atoms with van der Waals surface area (Å²) in [5, 5.41) is 0. The zero-order valence-corrected chi connectivity index (χ0v) is 9.52. The highest BCUT2D eigenvalue weighted by Crippen LogP contribution is 2.21. The van der Waals surface area contributed by atoms with E-state index in [1.54, 1.807) is 0 Å². The maximum absolute atomic E-state index is 13.5. The van der Waals surface area contributed by atoms with E-state index in [1.807, 2.05) is 0 Å². The van der Waals surface area contributed by atoms with E-state index in [4.69, 9.17) is 17.0 Å². The van der Waals surface area contributed by atoms with Crippen LogP contribution in [0.15, 0.2) is 18.2 Å². The molecule has 1 heterocycles. The van der Waals surface area contributed by atoms with Gasteiger partial charge >= 0.3 is 0 Å². The molecular weight excluding hydrogens is 248 g/mol. The van der Waals surface area contributed by atoms with Crippen molar-refractivity contribution in [2.24, 2.45) is 0 Å². The van der Waals surface area contributed by atoms with Crippen LogP contribution in [0.2, 0.25) is 0 Å². The summed E-state index contributed by atoms with van der Waals surface area (Å²) in [7, 11) is 1.37. The maximum Gasteiger partial charge on any atom is 0.297 e. The fourth-order valence-corrected chi connectivity index (χ4v) is 1.45. The van der Waals surface area contributed by atoms with Crippen molar-refractivity contribution in [3.63, 3.8) is 0 Å². The molecule has 0 radical (unpaired) electrons. The van der Waals surface area contributed by atoms with Crippen LogP contribution in [-0.2, 0) is 0 Å². The Morgan fingerprint density at radius 3 is 2.76 bits per heavy atom. The van der Waals surface area contributed by atoms with E-state index in [2.05, 4.69) is 15.0 Å². The molecule has 0 amide bonds. The summed E-state index contributed by atoms with van der Waals surface area (Å²) in [5.74, 6) is -1.89. The molecule has 0 atom stereocenters. The summed E-state index contributed by atoms with van der Waals surface area (Å²) in [6, 6.07) is 3.86. The molecule has 0 unspecified atom stereocenters. The number of halogens is 2. The molecular formula is C10H7F2N3OS. The number of aromatic amines is 1. The lowest BCUT2D eigenvalue weighted by Gasteiger charge is -2.05. The highest BCUT2D eigenvalue weighted by molar-refractivity contribution is 7.71. The van der Waals surface area contributed by atoms with Crippen LogP contribution in [0.5, 0.6) is 6.01 Å². The Labute approximate surface area is 100 Å². The fourth-order valence-electron chi connectivity index (χ4n) is 1.28. The summed E-state index contributed by atoms with van der Waals surface area (Å²) in [4.78, 5) is 10.2. The van der Waals surface area contributed by atoms with Crippen molar-refractivity contribution in [1.29, 1.82) is 0 Å². The first-order valence-corrected chi connectivity index (χ1v) is 4.99. The Morgan fingerprint density at radius 1 is 1.29 bits per heavy atom. The summed E-state index contributed by atoms with van der Waals surface area (Å²) in [6.07, 6.45) is 0. The van der Waals surface area contributed by atoms with Crippen LogP contribution in [0.4, 0.5) is 8.78 Å². The number of hydrogen-bond acceptors (Lipinski definition) is 4. The normalized spacial score (nSPS) is 10.3. The second-order valence-electron chi connectivity index (χ2n) is 3.09. The van der Waals surface area contributed by atoms with Gasteiger partial charge in [0.2, 0.25) is 4.77 Å². The molecule has 2 rings (SSSR count). The van der Waals surface area contributed by atoms with Gasteiger partial charge < -0.3 is 4.74 Å². The van der Waals surface area contributed by atoms with Crippen LogP contribution < -0.4 is 4.74 Å². The van der Waals surface area contributed by atoms with Crippen LogP contribution in [0.25, 0.3) is 11.4 Å². The minimum Gasteiger partial charge on any atom is -0.468 e. The minimum atomic E-state index is -1.00. The van der Waals surface area contributed by atoms with Gasteiger partial charge in [0, 0.05) is 0 Å². The molecule has 1 aromatic carbocycles. The number of rotatable bonds is 2. The van der Waals surface area contributed by atoms with Crippen molar-refractivity contribution in [2.75, 3.05) is 7.11 Å². The maximum atomic E-state index is 13.5. The summed E-state index contributed by atoms with van der Waals surface area (Å²) in [6.45, 7) is 0. The molecule has 0 saturated carbocycles. The van der Waals surface area contributed by atoms with Crippen LogP contribution >= 0.6 is 12.2 Å². The number of ether oxygens (including phenoxy) is 1. The Hall–Kier alpha value is -1.89. The molecule has 1 N–H and O–H groups in total. The van der Waals surface area contributed by atoms with Crippen molar-refractivity contribution >= 4 is 12.2 Å². The monoisotopic (exact) mass is 255 g/mol. The number of methoxy groups -OCH3 is 1. The van der Waals surface area contributed by atoms with E-state index < -0.39 is 11.6 Å². The SMILES string of the molecule is COc1nc(=S)nc(-c2cccc(F)c2F)[nH]1. The third-order valence-corrected chi connectivity index (χ3v) is 2.21. The lowest BCUT2D eigenvalue weighted by molar-refractivity contribution is 0.377. The highest BCUT2D eigenvalue weighted by Gasteiger charge is 2.12. The van der Waals surface area contributed by atoms with Gasteiger partial charge in [-0.25, -0.2) is 13.8 Å². The van der Waals surface area contributed by atoms with E-state index in [0.717, 1.165) is 6.07 Å². The standard InChI is InChI=1S/C10H7F2N3OS/c1-16-9-13-8(14-10(17)15-9)5-3-2-4-6(11)7(5)12/h2-4H,1H3,(H,13,14,15,17). The molecule has 88 valence electrons. The summed E-state index contributed by atoms with van der Waals surface area (Å²) >= 11 is 4.79. The minimum absolute atomic E-state index is 0.0146. The molecule has 0 saturated heterocycles. The Bertz CT molecular complexity index is 615. The molecule has 4 nitrogen and oxygen atoms in total. The lowest BCUT2D eigenvalue weighted by atomic mass is 10.2. The number of nitrogens with one attached hydrogen (secondary N) is 1. The summed E-state index contributed by atoms with van der Waals surface area (Å²) < 4.78 is 31.4. The van der Waals surface area contributed by atoms with Gasteiger partial charge in [0.25, 0.3) is 6.01 Å².